The Kier molecular flexibility index (Phi) is 14.7. The summed E-state index contributed by atoms with van der Waals surface area (Å²) in [6.45, 7) is 20.0. The first kappa shape index (κ1) is 28.6. The summed E-state index contributed by atoms with van der Waals surface area (Å²) < 4.78 is 19.3. The molecule has 0 aromatic carbocycles. The number of ether oxygens (including phenoxy) is 3. The summed E-state index contributed by atoms with van der Waals surface area (Å²) in [6, 6.07) is 0. The minimum absolute atomic E-state index is 0.116. The van der Waals surface area contributed by atoms with Crippen molar-refractivity contribution in [2.45, 2.75) is 136 Å². The van der Waals surface area contributed by atoms with Gasteiger partial charge in [-0.15, -0.1) is 0 Å². The Bertz CT molecular complexity index is 429. The topological polar surface area (TPSA) is 27.7 Å². The van der Waals surface area contributed by atoms with Gasteiger partial charge in [0.1, 0.15) is 0 Å². The van der Waals surface area contributed by atoms with E-state index in [0.717, 1.165) is 6.42 Å². The molecule has 5 heteroatoms. The fourth-order valence-corrected chi connectivity index (χ4v) is 5.79. The zero-order chi connectivity index (χ0) is 22.7. The lowest BCUT2D eigenvalue weighted by atomic mass is 9.79. The molecule has 1 aliphatic rings. The van der Waals surface area contributed by atoms with Crippen molar-refractivity contribution in [1.29, 1.82) is 0 Å². The average molecular weight is 463 g/mol. The minimum Gasteiger partial charge on any atom is -0.373 e. The molecule has 1 aliphatic heterocycles. The van der Waals surface area contributed by atoms with Gasteiger partial charge in [0.2, 0.25) is 0 Å². The molecule has 0 bridgehead atoms. The molecular weight excluding hydrogens is 412 g/mol. The Labute approximate surface area is 196 Å². The standard InChI is InChI=1S/C25H50O3S2/c1-17(2)26-24-22(13-12-16-30-20(7)8)21(9)25(27-18(3)4)28-23(24)14-10-11-15-29-19(5)6/h17-25H,10-16H2,1-9H3/t21?,22?,23?,24-,25-/m0/s1. The molecule has 0 N–H and O–H groups in total. The number of rotatable bonds is 15. The average Bonchev–Trinajstić information content (AvgIpc) is 2.62. The Balaban J connectivity index is 2.82. The fraction of sp³-hybridized carbons (Fsp3) is 1.00. The second kappa shape index (κ2) is 15.4. The minimum atomic E-state index is -0.116. The molecule has 1 fully saturated rings. The number of hydrogen-bond acceptors (Lipinski definition) is 5. The van der Waals surface area contributed by atoms with Gasteiger partial charge in [-0.2, -0.15) is 23.5 Å². The molecule has 0 aromatic rings. The summed E-state index contributed by atoms with van der Waals surface area (Å²) in [5, 5.41) is 1.42. The second-order valence-electron chi connectivity index (χ2n) is 9.88. The predicted molar refractivity (Wildman–Crippen MR) is 136 cm³/mol. The molecule has 3 nitrogen and oxygen atoms in total. The number of thioether (sulfide) groups is 2. The maximum absolute atomic E-state index is 6.57. The van der Waals surface area contributed by atoms with Gasteiger partial charge in [-0.3, -0.25) is 0 Å². The maximum Gasteiger partial charge on any atom is 0.161 e. The fourth-order valence-electron chi connectivity index (χ4n) is 4.14. The van der Waals surface area contributed by atoms with Gasteiger partial charge < -0.3 is 14.2 Å². The summed E-state index contributed by atoms with van der Waals surface area (Å²) in [4.78, 5) is 0. The lowest BCUT2D eigenvalue weighted by Crippen LogP contribution is -2.53. The highest BCUT2D eigenvalue weighted by molar-refractivity contribution is 8.00. The van der Waals surface area contributed by atoms with Crippen molar-refractivity contribution in [3.8, 4) is 0 Å². The van der Waals surface area contributed by atoms with Crippen LogP contribution in [0, 0.1) is 11.8 Å². The molecule has 30 heavy (non-hydrogen) atoms. The van der Waals surface area contributed by atoms with Crippen LogP contribution in [-0.2, 0) is 14.2 Å². The summed E-state index contributed by atoms with van der Waals surface area (Å²) in [6.07, 6.45) is 6.54. The molecule has 3 unspecified atom stereocenters. The van der Waals surface area contributed by atoms with Crippen LogP contribution in [0.25, 0.3) is 0 Å². The largest absolute Gasteiger partial charge is 0.373 e. The Morgan fingerprint density at radius 2 is 1.30 bits per heavy atom. The molecule has 0 aliphatic carbocycles. The Morgan fingerprint density at radius 3 is 1.83 bits per heavy atom. The molecule has 0 amide bonds. The van der Waals surface area contributed by atoms with E-state index in [0.29, 0.717) is 22.3 Å². The number of hydrogen-bond donors (Lipinski definition) is 0. The van der Waals surface area contributed by atoms with E-state index in [-0.39, 0.29) is 30.7 Å². The molecule has 1 saturated heterocycles. The van der Waals surface area contributed by atoms with Crippen LogP contribution in [0.4, 0.5) is 0 Å². The lowest BCUT2D eigenvalue weighted by Gasteiger charge is -2.47. The van der Waals surface area contributed by atoms with Crippen molar-refractivity contribution in [2.24, 2.45) is 11.8 Å². The van der Waals surface area contributed by atoms with Crippen molar-refractivity contribution in [3.05, 3.63) is 0 Å². The molecular formula is C25H50O3S2. The third-order valence-corrected chi connectivity index (χ3v) is 7.89. The van der Waals surface area contributed by atoms with E-state index in [1.54, 1.807) is 0 Å². The molecule has 0 spiro atoms. The van der Waals surface area contributed by atoms with Gasteiger partial charge in [0.15, 0.2) is 6.29 Å². The van der Waals surface area contributed by atoms with E-state index >= 15 is 0 Å². The van der Waals surface area contributed by atoms with Crippen LogP contribution < -0.4 is 0 Å². The second-order valence-corrected chi connectivity index (χ2v) is 13.2. The SMILES string of the molecule is CC(C)O[C@H]1OC(CCCCSC(C)C)[C@@H](OC(C)C)C(CCCSC(C)C)C1C. The third kappa shape index (κ3) is 11.4. The lowest BCUT2D eigenvalue weighted by molar-refractivity contribution is -0.287. The van der Waals surface area contributed by atoms with E-state index in [1.807, 2.05) is 0 Å². The van der Waals surface area contributed by atoms with E-state index in [9.17, 15) is 0 Å². The molecule has 180 valence electrons. The van der Waals surface area contributed by atoms with E-state index in [4.69, 9.17) is 14.2 Å². The highest BCUT2D eigenvalue weighted by atomic mass is 32.2. The number of unbranched alkanes of at least 4 members (excludes halogenated alkanes) is 1. The van der Waals surface area contributed by atoms with Crippen LogP contribution in [0.15, 0.2) is 0 Å². The normalized spacial score (nSPS) is 27.7. The van der Waals surface area contributed by atoms with E-state index < -0.39 is 0 Å². The van der Waals surface area contributed by atoms with Gasteiger partial charge >= 0.3 is 0 Å². The van der Waals surface area contributed by atoms with Gasteiger partial charge in [0.05, 0.1) is 24.4 Å². The first-order valence-corrected chi connectivity index (χ1v) is 14.4. The summed E-state index contributed by atoms with van der Waals surface area (Å²) >= 11 is 4.12. The van der Waals surface area contributed by atoms with Crippen LogP contribution in [0.3, 0.4) is 0 Å². The van der Waals surface area contributed by atoms with Crippen molar-refractivity contribution >= 4 is 23.5 Å². The van der Waals surface area contributed by atoms with Crippen molar-refractivity contribution < 1.29 is 14.2 Å². The summed E-state index contributed by atoms with van der Waals surface area (Å²) in [5.41, 5.74) is 0. The zero-order valence-electron chi connectivity index (χ0n) is 21.2. The highest BCUT2D eigenvalue weighted by Gasteiger charge is 2.44. The van der Waals surface area contributed by atoms with Gasteiger partial charge in [-0.1, -0.05) is 34.6 Å². The smallest absolute Gasteiger partial charge is 0.161 e. The van der Waals surface area contributed by atoms with Crippen molar-refractivity contribution in [1.82, 2.24) is 0 Å². The molecule has 0 aromatic heterocycles. The zero-order valence-corrected chi connectivity index (χ0v) is 22.8. The van der Waals surface area contributed by atoms with Crippen molar-refractivity contribution in [2.75, 3.05) is 11.5 Å². The van der Waals surface area contributed by atoms with Gasteiger partial charge in [-0.25, -0.2) is 0 Å². The Hall–Kier alpha value is 0.580. The first-order chi connectivity index (χ1) is 14.1. The van der Waals surface area contributed by atoms with E-state index in [1.165, 1.54) is 37.2 Å². The van der Waals surface area contributed by atoms with Crippen molar-refractivity contribution in [3.63, 3.8) is 0 Å². The van der Waals surface area contributed by atoms with Gasteiger partial charge in [0.25, 0.3) is 0 Å². The maximum atomic E-state index is 6.57. The van der Waals surface area contributed by atoms with E-state index in [2.05, 4.69) is 85.8 Å². The van der Waals surface area contributed by atoms with Crippen LogP contribution >= 0.6 is 23.5 Å². The first-order valence-electron chi connectivity index (χ1n) is 12.3. The van der Waals surface area contributed by atoms with Gasteiger partial charge in [0, 0.05) is 5.92 Å². The monoisotopic (exact) mass is 462 g/mol. The van der Waals surface area contributed by atoms with Gasteiger partial charge in [-0.05, 0) is 87.7 Å². The predicted octanol–water partition coefficient (Wildman–Crippen LogP) is 7.42. The van der Waals surface area contributed by atoms with Crippen LogP contribution in [-0.4, -0.2) is 52.7 Å². The quantitative estimate of drug-likeness (QED) is 0.236. The molecule has 0 saturated carbocycles. The molecule has 1 heterocycles. The molecule has 1 rings (SSSR count). The summed E-state index contributed by atoms with van der Waals surface area (Å²) in [5.74, 6) is 3.31. The molecule has 5 atom stereocenters. The van der Waals surface area contributed by atoms with Crippen LogP contribution in [0.2, 0.25) is 0 Å². The Morgan fingerprint density at radius 1 is 0.733 bits per heavy atom. The van der Waals surface area contributed by atoms with Crippen LogP contribution in [0.1, 0.15) is 94.4 Å². The molecule has 0 radical (unpaired) electrons. The third-order valence-electron chi connectivity index (χ3n) is 5.50. The van der Waals surface area contributed by atoms with Crippen LogP contribution in [0.5, 0.6) is 0 Å². The highest BCUT2D eigenvalue weighted by Crippen LogP contribution is 2.39. The summed E-state index contributed by atoms with van der Waals surface area (Å²) in [7, 11) is 0.